The molecule has 0 heterocycles. The second-order valence-corrected chi connectivity index (χ2v) is 4.78. The summed E-state index contributed by atoms with van der Waals surface area (Å²) in [4.78, 5) is 11.6. The molecule has 76 valence electrons. The van der Waals surface area contributed by atoms with E-state index in [9.17, 15) is 4.79 Å². The van der Waals surface area contributed by atoms with Gasteiger partial charge >= 0.3 is 0 Å². The number of carbonyl (C=O) groups is 1. The van der Waals surface area contributed by atoms with Crippen molar-refractivity contribution in [3.63, 3.8) is 0 Å². The van der Waals surface area contributed by atoms with Gasteiger partial charge in [0.2, 0.25) is 0 Å². The molecular weight excluding hydrogens is 164 g/mol. The van der Waals surface area contributed by atoms with Crippen LogP contribution in [0.2, 0.25) is 0 Å². The van der Waals surface area contributed by atoms with E-state index >= 15 is 0 Å². The number of Topliss-reactive ketones (excluding diaryl/α,β-unsaturated/α-hetero) is 1. The highest BCUT2D eigenvalue weighted by Gasteiger charge is 2.25. The summed E-state index contributed by atoms with van der Waals surface area (Å²) in [5.41, 5.74) is -0.190. The predicted octanol–water partition coefficient (Wildman–Crippen LogP) is 2.70. The molecule has 1 saturated carbocycles. The first kappa shape index (κ1) is 10.7. The van der Waals surface area contributed by atoms with Crippen LogP contribution in [0, 0.1) is 0 Å². The maximum atomic E-state index is 11.6. The SMILES string of the molecule is CC(C)(C)OC1CCCCCC1=O. The van der Waals surface area contributed by atoms with Crippen LogP contribution >= 0.6 is 0 Å². The number of ether oxygens (including phenoxy) is 1. The molecule has 0 radical (unpaired) electrons. The van der Waals surface area contributed by atoms with Crippen molar-refractivity contribution in [2.24, 2.45) is 0 Å². The Bertz CT molecular complexity index is 179. The van der Waals surface area contributed by atoms with Crippen molar-refractivity contribution in [1.29, 1.82) is 0 Å². The number of hydrogen-bond acceptors (Lipinski definition) is 2. The molecule has 2 nitrogen and oxygen atoms in total. The molecule has 0 aromatic carbocycles. The van der Waals surface area contributed by atoms with E-state index in [2.05, 4.69) is 0 Å². The van der Waals surface area contributed by atoms with Gasteiger partial charge in [-0.3, -0.25) is 4.79 Å². The van der Waals surface area contributed by atoms with E-state index in [1.807, 2.05) is 20.8 Å². The highest BCUT2D eigenvalue weighted by atomic mass is 16.5. The lowest BCUT2D eigenvalue weighted by molar-refractivity contribution is -0.140. The van der Waals surface area contributed by atoms with Crippen LogP contribution in [-0.2, 0) is 9.53 Å². The van der Waals surface area contributed by atoms with Gasteiger partial charge in [-0.1, -0.05) is 12.8 Å². The third-order valence-corrected chi connectivity index (χ3v) is 2.24. The molecule has 2 heteroatoms. The van der Waals surface area contributed by atoms with Crippen LogP contribution in [0.3, 0.4) is 0 Å². The molecular formula is C11H20O2. The fourth-order valence-corrected chi connectivity index (χ4v) is 1.68. The van der Waals surface area contributed by atoms with Crippen LogP contribution in [0.1, 0.15) is 52.9 Å². The average molecular weight is 184 g/mol. The molecule has 0 aromatic rings. The maximum Gasteiger partial charge on any atom is 0.161 e. The number of hydrogen-bond donors (Lipinski definition) is 0. The summed E-state index contributed by atoms with van der Waals surface area (Å²) < 4.78 is 5.72. The molecule has 0 N–H and O–H groups in total. The molecule has 1 fully saturated rings. The minimum atomic E-state index is -0.190. The highest BCUT2D eigenvalue weighted by molar-refractivity contribution is 5.83. The minimum Gasteiger partial charge on any atom is -0.365 e. The van der Waals surface area contributed by atoms with E-state index < -0.39 is 0 Å². The fraction of sp³-hybridized carbons (Fsp3) is 0.909. The molecule has 0 bridgehead atoms. The summed E-state index contributed by atoms with van der Waals surface area (Å²) in [6.45, 7) is 6.02. The van der Waals surface area contributed by atoms with Gasteiger partial charge in [-0.25, -0.2) is 0 Å². The first-order chi connectivity index (χ1) is 5.99. The molecule has 1 aliphatic rings. The van der Waals surface area contributed by atoms with E-state index in [1.54, 1.807) is 0 Å². The Balaban J connectivity index is 2.50. The third kappa shape index (κ3) is 3.90. The average Bonchev–Trinajstić information content (AvgIpc) is 2.14. The topological polar surface area (TPSA) is 26.3 Å². The zero-order valence-corrected chi connectivity index (χ0v) is 8.93. The van der Waals surface area contributed by atoms with Crippen LogP contribution < -0.4 is 0 Å². The van der Waals surface area contributed by atoms with Crippen LogP contribution in [0.4, 0.5) is 0 Å². The van der Waals surface area contributed by atoms with Gasteiger partial charge in [0.1, 0.15) is 6.10 Å². The Morgan fingerprint density at radius 1 is 1.23 bits per heavy atom. The number of rotatable bonds is 1. The fourth-order valence-electron chi connectivity index (χ4n) is 1.68. The Labute approximate surface area is 80.7 Å². The molecule has 1 unspecified atom stereocenters. The van der Waals surface area contributed by atoms with Crippen LogP contribution in [0.25, 0.3) is 0 Å². The molecule has 0 spiro atoms. The quantitative estimate of drug-likeness (QED) is 0.586. The van der Waals surface area contributed by atoms with Gasteiger partial charge in [-0.05, 0) is 33.6 Å². The lowest BCUT2D eigenvalue weighted by atomic mass is 10.1. The summed E-state index contributed by atoms with van der Waals surface area (Å²) in [7, 11) is 0. The monoisotopic (exact) mass is 184 g/mol. The first-order valence-electron chi connectivity index (χ1n) is 5.19. The van der Waals surface area contributed by atoms with E-state index in [0.29, 0.717) is 12.2 Å². The molecule has 0 aromatic heterocycles. The summed E-state index contributed by atoms with van der Waals surface area (Å²) >= 11 is 0. The van der Waals surface area contributed by atoms with Gasteiger partial charge in [0.05, 0.1) is 5.60 Å². The standard InChI is InChI=1S/C11H20O2/c1-11(2,3)13-10-8-6-4-5-7-9(10)12/h10H,4-8H2,1-3H3. The number of ketones is 1. The van der Waals surface area contributed by atoms with Crippen molar-refractivity contribution in [1.82, 2.24) is 0 Å². The summed E-state index contributed by atoms with van der Waals surface area (Å²) in [6.07, 6.45) is 4.84. The zero-order valence-electron chi connectivity index (χ0n) is 8.93. The van der Waals surface area contributed by atoms with Crippen LogP contribution in [-0.4, -0.2) is 17.5 Å². The van der Waals surface area contributed by atoms with Crippen molar-refractivity contribution in [2.45, 2.75) is 64.6 Å². The molecule has 1 atom stereocenters. The van der Waals surface area contributed by atoms with E-state index in [-0.39, 0.29) is 11.7 Å². The molecule has 1 rings (SSSR count). The Hall–Kier alpha value is -0.370. The van der Waals surface area contributed by atoms with Crippen LogP contribution in [0.5, 0.6) is 0 Å². The highest BCUT2D eigenvalue weighted by Crippen LogP contribution is 2.21. The lowest BCUT2D eigenvalue weighted by Crippen LogP contribution is -2.32. The van der Waals surface area contributed by atoms with Crippen molar-refractivity contribution in [3.8, 4) is 0 Å². The van der Waals surface area contributed by atoms with E-state index in [0.717, 1.165) is 19.3 Å². The van der Waals surface area contributed by atoms with Gasteiger partial charge in [-0.15, -0.1) is 0 Å². The first-order valence-corrected chi connectivity index (χ1v) is 5.19. The Morgan fingerprint density at radius 3 is 2.54 bits per heavy atom. The smallest absolute Gasteiger partial charge is 0.161 e. The Kier molecular flexibility index (Phi) is 3.48. The molecule has 1 aliphatic carbocycles. The zero-order chi connectivity index (χ0) is 9.90. The lowest BCUT2D eigenvalue weighted by Gasteiger charge is -2.25. The van der Waals surface area contributed by atoms with Crippen molar-refractivity contribution in [3.05, 3.63) is 0 Å². The van der Waals surface area contributed by atoms with Gasteiger partial charge < -0.3 is 4.74 Å². The van der Waals surface area contributed by atoms with E-state index in [4.69, 9.17) is 4.74 Å². The summed E-state index contributed by atoms with van der Waals surface area (Å²) in [6, 6.07) is 0. The van der Waals surface area contributed by atoms with Crippen molar-refractivity contribution in [2.75, 3.05) is 0 Å². The third-order valence-electron chi connectivity index (χ3n) is 2.24. The van der Waals surface area contributed by atoms with Crippen molar-refractivity contribution < 1.29 is 9.53 Å². The van der Waals surface area contributed by atoms with Gasteiger partial charge in [-0.2, -0.15) is 0 Å². The largest absolute Gasteiger partial charge is 0.365 e. The van der Waals surface area contributed by atoms with E-state index in [1.165, 1.54) is 6.42 Å². The number of carbonyl (C=O) groups excluding carboxylic acids is 1. The second-order valence-electron chi connectivity index (χ2n) is 4.78. The van der Waals surface area contributed by atoms with Crippen molar-refractivity contribution >= 4 is 5.78 Å². The predicted molar refractivity (Wildman–Crippen MR) is 52.7 cm³/mol. The molecule has 0 saturated heterocycles. The maximum absolute atomic E-state index is 11.6. The Morgan fingerprint density at radius 2 is 1.92 bits per heavy atom. The minimum absolute atomic E-state index is 0.137. The normalized spacial score (nSPS) is 25.8. The van der Waals surface area contributed by atoms with Gasteiger partial charge in [0.25, 0.3) is 0 Å². The summed E-state index contributed by atoms with van der Waals surface area (Å²) in [5, 5.41) is 0. The summed E-state index contributed by atoms with van der Waals surface area (Å²) in [5.74, 6) is 0.299. The van der Waals surface area contributed by atoms with Gasteiger partial charge in [0.15, 0.2) is 5.78 Å². The van der Waals surface area contributed by atoms with Crippen LogP contribution in [0.15, 0.2) is 0 Å². The second kappa shape index (κ2) is 4.23. The molecule has 0 aliphatic heterocycles. The van der Waals surface area contributed by atoms with Gasteiger partial charge in [0, 0.05) is 6.42 Å². The molecule has 13 heavy (non-hydrogen) atoms. The molecule has 0 amide bonds.